The van der Waals surface area contributed by atoms with Crippen LogP contribution in [0.2, 0.25) is 5.02 Å². The van der Waals surface area contributed by atoms with Gasteiger partial charge in [0.05, 0.1) is 41.0 Å². The van der Waals surface area contributed by atoms with Gasteiger partial charge in [0.2, 0.25) is 5.91 Å². The van der Waals surface area contributed by atoms with Crippen molar-refractivity contribution >= 4 is 38.9 Å². The van der Waals surface area contributed by atoms with Gasteiger partial charge in [0.15, 0.2) is 11.5 Å². The molecule has 0 fully saturated rings. The predicted octanol–water partition coefficient (Wildman–Crippen LogP) is 6.23. The normalized spacial score (nSPS) is 12.1. The van der Waals surface area contributed by atoms with E-state index in [0.717, 1.165) is 36.4 Å². The third kappa shape index (κ3) is 6.87. The summed E-state index contributed by atoms with van der Waals surface area (Å²) < 4.78 is 117. The number of nitrogens with zero attached hydrogens (tertiary/aromatic N) is 1. The summed E-state index contributed by atoms with van der Waals surface area (Å²) in [6, 6.07) is 9.04. The van der Waals surface area contributed by atoms with Gasteiger partial charge in [0, 0.05) is 11.8 Å². The van der Waals surface area contributed by atoms with Crippen LogP contribution in [-0.4, -0.2) is 35.1 Å². The summed E-state index contributed by atoms with van der Waals surface area (Å²) in [7, 11) is -2.20. The molecular formula is C24H19ClF6N2O5S. The summed E-state index contributed by atoms with van der Waals surface area (Å²) in [6.45, 7) is -1.10. The lowest BCUT2D eigenvalue weighted by atomic mass is 10.2. The number of anilines is 2. The summed E-state index contributed by atoms with van der Waals surface area (Å²) in [6.07, 6.45) is -9.69. The molecule has 0 radical (unpaired) electrons. The largest absolute Gasteiger partial charge is 0.493 e. The SMILES string of the molecule is COc1ccc(S(=O)(=O)N(CC(=O)Nc2ccc(Cl)c(C(F)(F)F)c2)c2cccc(C(F)(F)F)c2)cc1OC. The molecule has 0 aliphatic carbocycles. The fourth-order valence-electron chi connectivity index (χ4n) is 3.41. The average Bonchev–Trinajstić information content (AvgIpc) is 2.86. The highest BCUT2D eigenvalue weighted by atomic mass is 35.5. The summed E-state index contributed by atoms with van der Waals surface area (Å²) in [5.41, 5.74) is -3.35. The van der Waals surface area contributed by atoms with Gasteiger partial charge in [-0.15, -0.1) is 0 Å². The molecule has 15 heteroatoms. The standard InChI is InChI=1S/C24H19ClF6N2O5S/c1-37-20-9-7-17(12-21(20)38-2)39(35,36)33(16-5-3-4-14(10-16)23(26,27)28)13-22(34)32-15-6-8-19(25)18(11-15)24(29,30)31/h3-12H,13H2,1-2H3,(H,32,34). The van der Waals surface area contributed by atoms with Crippen molar-refractivity contribution in [3.05, 3.63) is 76.8 Å². The number of methoxy groups -OCH3 is 2. The fraction of sp³-hybridized carbons (Fsp3) is 0.208. The Labute approximate surface area is 223 Å². The van der Waals surface area contributed by atoms with Crippen LogP contribution < -0.4 is 19.1 Å². The molecule has 0 atom stereocenters. The molecule has 0 saturated heterocycles. The van der Waals surface area contributed by atoms with Crippen LogP contribution in [0.3, 0.4) is 0 Å². The number of benzene rings is 3. The topological polar surface area (TPSA) is 84.9 Å². The van der Waals surface area contributed by atoms with E-state index >= 15 is 0 Å². The maximum atomic E-state index is 13.6. The number of hydrogen-bond donors (Lipinski definition) is 1. The first-order valence-electron chi connectivity index (χ1n) is 10.7. The van der Waals surface area contributed by atoms with Crippen molar-refractivity contribution in [3.8, 4) is 11.5 Å². The van der Waals surface area contributed by atoms with E-state index in [1.165, 1.54) is 20.3 Å². The number of hydrogen-bond acceptors (Lipinski definition) is 5. The molecule has 39 heavy (non-hydrogen) atoms. The van der Waals surface area contributed by atoms with Crippen LogP contribution in [0.5, 0.6) is 11.5 Å². The van der Waals surface area contributed by atoms with Gasteiger partial charge in [-0.3, -0.25) is 9.10 Å². The molecule has 0 heterocycles. The van der Waals surface area contributed by atoms with Gasteiger partial charge in [-0.1, -0.05) is 17.7 Å². The lowest BCUT2D eigenvalue weighted by molar-refractivity contribution is -0.138. The second-order valence-corrected chi connectivity index (χ2v) is 10.1. The van der Waals surface area contributed by atoms with E-state index in [2.05, 4.69) is 5.32 Å². The Bertz CT molecular complexity index is 1480. The zero-order valence-corrected chi connectivity index (χ0v) is 21.6. The molecule has 210 valence electrons. The quantitative estimate of drug-likeness (QED) is 0.312. The van der Waals surface area contributed by atoms with Gasteiger partial charge < -0.3 is 14.8 Å². The van der Waals surface area contributed by atoms with E-state index in [4.69, 9.17) is 21.1 Å². The number of nitrogens with one attached hydrogen (secondary N) is 1. The second-order valence-electron chi connectivity index (χ2n) is 7.82. The maximum absolute atomic E-state index is 13.6. The molecule has 0 aliphatic heterocycles. The Morgan fingerprint density at radius 1 is 0.897 bits per heavy atom. The fourth-order valence-corrected chi connectivity index (χ4v) is 5.06. The third-order valence-electron chi connectivity index (χ3n) is 5.25. The minimum absolute atomic E-state index is 0.0205. The monoisotopic (exact) mass is 596 g/mol. The van der Waals surface area contributed by atoms with Crippen LogP contribution in [0, 0.1) is 0 Å². The zero-order chi connectivity index (χ0) is 29.2. The van der Waals surface area contributed by atoms with Gasteiger partial charge in [-0.25, -0.2) is 8.42 Å². The van der Waals surface area contributed by atoms with Crippen molar-refractivity contribution in [2.45, 2.75) is 17.2 Å². The summed E-state index contributed by atoms with van der Waals surface area (Å²) in [5.74, 6) is -1.01. The number of carbonyl (C=O) groups is 1. The number of rotatable bonds is 8. The molecule has 3 rings (SSSR count). The van der Waals surface area contributed by atoms with E-state index in [1.807, 2.05) is 0 Å². The molecule has 0 spiro atoms. The van der Waals surface area contributed by atoms with Gasteiger partial charge in [0.25, 0.3) is 10.0 Å². The van der Waals surface area contributed by atoms with E-state index in [1.54, 1.807) is 0 Å². The second kappa shape index (κ2) is 11.2. The number of carbonyl (C=O) groups excluding carboxylic acids is 1. The Hall–Kier alpha value is -3.65. The van der Waals surface area contributed by atoms with E-state index in [-0.39, 0.29) is 17.2 Å². The van der Waals surface area contributed by atoms with Gasteiger partial charge in [-0.05, 0) is 48.5 Å². The Morgan fingerprint density at radius 2 is 1.56 bits per heavy atom. The van der Waals surface area contributed by atoms with Gasteiger partial charge in [0.1, 0.15) is 6.54 Å². The van der Waals surface area contributed by atoms with Crippen LogP contribution in [0.15, 0.2) is 65.6 Å². The van der Waals surface area contributed by atoms with Crippen molar-refractivity contribution in [2.75, 3.05) is 30.4 Å². The smallest absolute Gasteiger partial charge is 0.417 e. The molecule has 0 unspecified atom stereocenters. The Balaban J connectivity index is 2.06. The lowest BCUT2D eigenvalue weighted by Gasteiger charge is -2.25. The molecule has 3 aromatic rings. The van der Waals surface area contributed by atoms with Crippen LogP contribution in [0.25, 0.3) is 0 Å². The molecular weight excluding hydrogens is 578 g/mol. The number of sulfonamides is 1. The first-order chi connectivity index (χ1) is 18.1. The molecule has 1 N–H and O–H groups in total. The number of ether oxygens (including phenoxy) is 2. The van der Waals surface area contributed by atoms with Gasteiger partial charge >= 0.3 is 12.4 Å². The minimum atomic E-state index is -4.85. The maximum Gasteiger partial charge on any atom is 0.417 e. The number of alkyl halides is 6. The molecule has 0 aromatic heterocycles. The van der Waals surface area contributed by atoms with Gasteiger partial charge in [-0.2, -0.15) is 26.3 Å². The molecule has 3 aromatic carbocycles. The van der Waals surface area contributed by atoms with Crippen molar-refractivity contribution in [3.63, 3.8) is 0 Å². The molecule has 1 amide bonds. The van der Waals surface area contributed by atoms with Crippen molar-refractivity contribution < 1.29 is 49.0 Å². The Morgan fingerprint density at radius 3 is 2.15 bits per heavy atom. The molecule has 0 bridgehead atoms. The summed E-state index contributed by atoms with van der Waals surface area (Å²) >= 11 is 5.58. The van der Waals surface area contributed by atoms with Crippen LogP contribution in [0.1, 0.15) is 11.1 Å². The van der Waals surface area contributed by atoms with Crippen LogP contribution in [0.4, 0.5) is 37.7 Å². The zero-order valence-electron chi connectivity index (χ0n) is 20.0. The minimum Gasteiger partial charge on any atom is -0.493 e. The van der Waals surface area contributed by atoms with E-state index in [9.17, 15) is 39.6 Å². The number of amides is 1. The van der Waals surface area contributed by atoms with E-state index < -0.39 is 61.6 Å². The first-order valence-corrected chi connectivity index (χ1v) is 12.5. The number of halogens is 7. The van der Waals surface area contributed by atoms with Crippen LogP contribution >= 0.6 is 11.6 Å². The van der Waals surface area contributed by atoms with Crippen molar-refractivity contribution in [1.29, 1.82) is 0 Å². The molecule has 0 saturated carbocycles. The van der Waals surface area contributed by atoms with Crippen molar-refractivity contribution in [2.24, 2.45) is 0 Å². The Kier molecular flexibility index (Phi) is 8.60. The van der Waals surface area contributed by atoms with Crippen molar-refractivity contribution in [1.82, 2.24) is 0 Å². The molecule has 0 aliphatic rings. The molecule has 7 nitrogen and oxygen atoms in total. The summed E-state index contributed by atoms with van der Waals surface area (Å²) in [5, 5.41) is 1.48. The summed E-state index contributed by atoms with van der Waals surface area (Å²) in [4.78, 5) is 12.4. The highest BCUT2D eigenvalue weighted by molar-refractivity contribution is 7.92. The first kappa shape index (κ1) is 29.9. The highest BCUT2D eigenvalue weighted by Gasteiger charge is 2.35. The van der Waals surface area contributed by atoms with E-state index in [0.29, 0.717) is 22.5 Å². The lowest BCUT2D eigenvalue weighted by Crippen LogP contribution is -2.38. The third-order valence-corrected chi connectivity index (χ3v) is 7.35. The average molecular weight is 597 g/mol. The predicted molar refractivity (Wildman–Crippen MR) is 131 cm³/mol. The highest BCUT2D eigenvalue weighted by Crippen LogP contribution is 2.37. The van der Waals surface area contributed by atoms with Crippen LogP contribution in [-0.2, 0) is 27.2 Å².